The van der Waals surface area contributed by atoms with Gasteiger partial charge in [0.25, 0.3) is 0 Å². The Labute approximate surface area is 121 Å². The number of carbonyl (C=O) groups excluding carboxylic acids is 2. The first-order chi connectivity index (χ1) is 9.38. The smallest absolute Gasteiger partial charge is 0.242 e. The average molecular weight is 295 g/mol. The highest BCUT2D eigenvalue weighted by atomic mass is 32.1. The second kappa shape index (κ2) is 5.54. The highest BCUT2D eigenvalue weighted by Crippen LogP contribution is 2.14. The topological polar surface area (TPSA) is 66.6 Å². The Morgan fingerprint density at radius 3 is 2.70 bits per heavy atom. The number of carbonyl (C=O) groups is 2. The third-order valence-corrected chi connectivity index (χ3v) is 3.37. The molecule has 1 aliphatic rings. The summed E-state index contributed by atoms with van der Waals surface area (Å²) in [5.41, 5.74) is 6.26. The molecule has 1 aliphatic heterocycles. The number of hydrogen-bond donors (Lipinski definition) is 1. The third-order valence-electron chi connectivity index (χ3n) is 3.15. The fourth-order valence-corrected chi connectivity index (χ4v) is 2.14. The van der Waals surface area contributed by atoms with Crippen LogP contribution in [0, 0.1) is 5.82 Å². The zero-order chi connectivity index (χ0) is 14.9. The van der Waals surface area contributed by atoms with Crippen LogP contribution in [0.5, 0.6) is 0 Å². The number of hydrogen-bond acceptors (Lipinski definition) is 3. The van der Waals surface area contributed by atoms with Gasteiger partial charge in [0.1, 0.15) is 17.4 Å². The van der Waals surface area contributed by atoms with E-state index in [-0.39, 0.29) is 42.0 Å². The molecule has 0 bridgehead atoms. The minimum Gasteiger partial charge on any atom is -0.389 e. The Hall–Kier alpha value is -2.02. The summed E-state index contributed by atoms with van der Waals surface area (Å²) in [5, 5.41) is 0. The van der Waals surface area contributed by atoms with Gasteiger partial charge in [-0.2, -0.15) is 0 Å². The van der Waals surface area contributed by atoms with Gasteiger partial charge in [-0.3, -0.25) is 9.59 Å². The number of thiocarbonyl (C=S) groups is 1. The van der Waals surface area contributed by atoms with Crippen molar-refractivity contribution in [3.63, 3.8) is 0 Å². The summed E-state index contributed by atoms with van der Waals surface area (Å²) in [6, 6.07) is 4.31. The standard InChI is InChI=1S/C13H14FN3O2S/c1-16-6-12(19)17(7-11(16)18)5-8-2-3-10(14)9(4-8)13(15)20/h2-4H,5-7H2,1H3,(H2,15,20). The van der Waals surface area contributed by atoms with Crippen molar-refractivity contribution in [2.75, 3.05) is 20.1 Å². The molecule has 2 rings (SSSR count). The van der Waals surface area contributed by atoms with Gasteiger partial charge in [0.15, 0.2) is 0 Å². The fraction of sp³-hybridized carbons (Fsp3) is 0.308. The van der Waals surface area contributed by atoms with Crippen LogP contribution < -0.4 is 5.73 Å². The predicted octanol–water partition coefficient (Wildman–Crippen LogP) is 0.260. The van der Waals surface area contributed by atoms with E-state index < -0.39 is 5.82 Å². The summed E-state index contributed by atoms with van der Waals surface area (Å²) >= 11 is 4.77. The molecule has 0 radical (unpaired) electrons. The minimum absolute atomic E-state index is 0.0229. The Kier molecular flexibility index (Phi) is 3.99. The van der Waals surface area contributed by atoms with Crippen LogP contribution in [0.3, 0.4) is 0 Å². The van der Waals surface area contributed by atoms with E-state index in [4.69, 9.17) is 18.0 Å². The van der Waals surface area contributed by atoms with E-state index in [1.54, 1.807) is 13.1 Å². The van der Waals surface area contributed by atoms with Gasteiger partial charge in [0.05, 0.1) is 6.54 Å². The van der Waals surface area contributed by atoms with Gasteiger partial charge in [0.2, 0.25) is 11.8 Å². The molecule has 0 aliphatic carbocycles. The Morgan fingerprint density at radius 1 is 1.35 bits per heavy atom. The number of rotatable bonds is 3. The Morgan fingerprint density at radius 2 is 2.05 bits per heavy atom. The molecule has 0 spiro atoms. The summed E-state index contributed by atoms with van der Waals surface area (Å²) in [7, 11) is 1.58. The lowest BCUT2D eigenvalue weighted by Gasteiger charge is -2.31. The van der Waals surface area contributed by atoms with E-state index in [0.29, 0.717) is 5.56 Å². The number of nitrogens with two attached hydrogens (primary N) is 1. The molecular weight excluding hydrogens is 281 g/mol. The highest BCUT2D eigenvalue weighted by Gasteiger charge is 2.27. The molecule has 2 N–H and O–H groups in total. The van der Waals surface area contributed by atoms with Gasteiger partial charge in [-0.15, -0.1) is 0 Å². The molecular formula is C13H14FN3O2S. The summed E-state index contributed by atoms with van der Waals surface area (Å²) in [6.07, 6.45) is 0. The maximum atomic E-state index is 13.5. The van der Waals surface area contributed by atoms with Gasteiger partial charge in [-0.05, 0) is 17.7 Å². The van der Waals surface area contributed by atoms with Crippen LogP contribution in [-0.4, -0.2) is 46.7 Å². The van der Waals surface area contributed by atoms with Crippen LogP contribution in [-0.2, 0) is 16.1 Å². The van der Waals surface area contributed by atoms with E-state index in [1.165, 1.54) is 21.9 Å². The van der Waals surface area contributed by atoms with E-state index >= 15 is 0 Å². The van der Waals surface area contributed by atoms with Gasteiger partial charge in [-0.1, -0.05) is 18.3 Å². The number of likely N-dealkylation sites (N-methyl/N-ethyl adjacent to an activating group) is 1. The van der Waals surface area contributed by atoms with Crippen molar-refractivity contribution in [1.29, 1.82) is 0 Å². The summed E-state index contributed by atoms with van der Waals surface area (Å²) in [4.78, 5) is 26.2. The van der Waals surface area contributed by atoms with Gasteiger partial charge < -0.3 is 15.5 Å². The van der Waals surface area contributed by atoms with E-state index in [2.05, 4.69) is 0 Å². The zero-order valence-electron chi connectivity index (χ0n) is 10.9. The largest absolute Gasteiger partial charge is 0.389 e. The molecule has 0 unspecified atom stereocenters. The fourth-order valence-electron chi connectivity index (χ4n) is 1.99. The lowest BCUT2D eigenvalue weighted by molar-refractivity contribution is -0.149. The Bertz CT molecular complexity index is 591. The molecule has 2 amide bonds. The van der Waals surface area contributed by atoms with Crippen molar-refractivity contribution >= 4 is 29.0 Å². The lowest BCUT2D eigenvalue weighted by atomic mass is 10.1. The monoisotopic (exact) mass is 295 g/mol. The predicted molar refractivity (Wildman–Crippen MR) is 75.3 cm³/mol. The van der Waals surface area contributed by atoms with Crippen molar-refractivity contribution in [3.05, 3.63) is 35.1 Å². The number of benzene rings is 1. The van der Waals surface area contributed by atoms with E-state index in [1.807, 2.05) is 0 Å². The van der Waals surface area contributed by atoms with Crippen LogP contribution in [0.1, 0.15) is 11.1 Å². The van der Waals surface area contributed by atoms with E-state index in [0.717, 1.165) is 0 Å². The molecule has 0 aromatic heterocycles. The van der Waals surface area contributed by atoms with Crippen molar-refractivity contribution in [1.82, 2.24) is 9.80 Å². The van der Waals surface area contributed by atoms with Crippen molar-refractivity contribution < 1.29 is 14.0 Å². The molecule has 20 heavy (non-hydrogen) atoms. The molecule has 106 valence electrons. The second-order valence-electron chi connectivity index (χ2n) is 4.68. The number of nitrogens with zero attached hydrogens (tertiary/aromatic N) is 2. The van der Waals surface area contributed by atoms with Crippen LogP contribution in [0.2, 0.25) is 0 Å². The third kappa shape index (κ3) is 2.93. The molecule has 1 fully saturated rings. The van der Waals surface area contributed by atoms with Crippen LogP contribution >= 0.6 is 12.2 Å². The SMILES string of the molecule is CN1CC(=O)N(Cc2ccc(F)c(C(N)=S)c2)CC1=O. The van der Waals surface area contributed by atoms with Crippen molar-refractivity contribution in [2.45, 2.75) is 6.54 Å². The average Bonchev–Trinajstić information content (AvgIpc) is 2.37. The zero-order valence-corrected chi connectivity index (χ0v) is 11.7. The second-order valence-corrected chi connectivity index (χ2v) is 5.12. The van der Waals surface area contributed by atoms with Crippen LogP contribution in [0.15, 0.2) is 18.2 Å². The normalized spacial score (nSPS) is 15.7. The van der Waals surface area contributed by atoms with Crippen molar-refractivity contribution in [3.8, 4) is 0 Å². The highest BCUT2D eigenvalue weighted by molar-refractivity contribution is 7.80. The first kappa shape index (κ1) is 14.4. The maximum Gasteiger partial charge on any atom is 0.242 e. The molecule has 1 heterocycles. The van der Waals surface area contributed by atoms with Crippen LogP contribution in [0.4, 0.5) is 4.39 Å². The first-order valence-corrected chi connectivity index (χ1v) is 6.39. The summed E-state index contributed by atoms with van der Waals surface area (Å²) < 4.78 is 13.5. The number of piperazine rings is 1. The maximum absolute atomic E-state index is 13.5. The number of amides is 2. The Balaban J connectivity index is 2.18. The van der Waals surface area contributed by atoms with Gasteiger partial charge in [0, 0.05) is 19.2 Å². The van der Waals surface area contributed by atoms with Crippen molar-refractivity contribution in [2.24, 2.45) is 5.73 Å². The molecule has 1 aromatic carbocycles. The molecule has 1 saturated heterocycles. The quantitative estimate of drug-likeness (QED) is 0.812. The first-order valence-electron chi connectivity index (χ1n) is 5.98. The molecule has 0 saturated carbocycles. The minimum atomic E-state index is -0.498. The molecule has 1 aromatic rings. The molecule has 5 nitrogen and oxygen atoms in total. The van der Waals surface area contributed by atoms with Gasteiger partial charge >= 0.3 is 0 Å². The summed E-state index contributed by atoms with van der Waals surface area (Å²) in [6.45, 7) is 0.311. The summed E-state index contributed by atoms with van der Waals surface area (Å²) in [5.74, 6) is -0.767. The molecule has 0 atom stereocenters. The number of halogens is 1. The lowest BCUT2D eigenvalue weighted by Crippen LogP contribution is -2.51. The van der Waals surface area contributed by atoms with E-state index in [9.17, 15) is 14.0 Å². The van der Waals surface area contributed by atoms with Crippen LogP contribution in [0.25, 0.3) is 0 Å². The van der Waals surface area contributed by atoms with Gasteiger partial charge in [-0.25, -0.2) is 4.39 Å². The molecule has 7 heteroatoms.